The van der Waals surface area contributed by atoms with Crippen LogP contribution in [-0.4, -0.2) is 49.5 Å². The Morgan fingerprint density at radius 2 is 1.42 bits per heavy atom. The molecule has 0 spiro atoms. The summed E-state index contributed by atoms with van der Waals surface area (Å²) in [6.07, 6.45) is 3.66. The molecule has 0 saturated carbocycles. The Labute approximate surface area is 143 Å². The van der Waals surface area contributed by atoms with Crippen LogP contribution in [0.5, 0.6) is 0 Å². The minimum absolute atomic E-state index is 0.516. The fourth-order valence-corrected chi connectivity index (χ4v) is 1.99. The standard InChI is InChI=1S/C18H25N3O3/c1-15-2-4-17(20-12-15)18-5-3-16(13-21-18)14-24-11-10-23-9-8-22-7-6-19/h2-5,12-13H,6-11,14,19H2,1H3. The topological polar surface area (TPSA) is 79.5 Å². The second-order valence-corrected chi connectivity index (χ2v) is 5.34. The van der Waals surface area contributed by atoms with Crippen molar-refractivity contribution >= 4 is 0 Å². The predicted molar refractivity (Wildman–Crippen MR) is 92.6 cm³/mol. The Kier molecular flexibility index (Phi) is 8.34. The summed E-state index contributed by atoms with van der Waals surface area (Å²) >= 11 is 0. The van der Waals surface area contributed by atoms with Crippen LogP contribution < -0.4 is 5.73 Å². The summed E-state index contributed by atoms with van der Waals surface area (Å²) in [7, 11) is 0. The lowest BCUT2D eigenvalue weighted by Crippen LogP contribution is -2.13. The number of pyridine rings is 2. The van der Waals surface area contributed by atoms with Crippen LogP contribution in [0.3, 0.4) is 0 Å². The van der Waals surface area contributed by atoms with Crippen molar-refractivity contribution in [2.45, 2.75) is 13.5 Å². The van der Waals surface area contributed by atoms with Gasteiger partial charge in [0.1, 0.15) is 0 Å². The Morgan fingerprint density at radius 3 is 2.00 bits per heavy atom. The van der Waals surface area contributed by atoms with Gasteiger partial charge in [-0.3, -0.25) is 9.97 Å². The van der Waals surface area contributed by atoms with Gasteiger partial charge in [-0.2, -0.15) is 0 Å². The van der Waals surface area contributed by atoms with Crippen LogP contribution in [0, 0.1) is 6.92 Å². The van der Waals surface area contributed by atoms with Gasteiger partial charge in [-0.1, -0.05) is 12.1 Å². The van der Waals surface area contributed by atoms with Gasteiger partial charge in [0.15, 0.2) is 0 Å². The Balaban J connectivity index is 1.63. The maximum absolute atomic E-state index is 5.57. The van der Waals surface area contributed by atoms with Crippen LogP contribution in [0.15, 0.2) is 36.7 Å². The molecular weight excluding hydrogens is 306 g/mol. The molecule has 6 heteroatoms. The van der Waals surface area contributed by atoms with Gasteiger partial charge in [-0.05, 0) is 30.2 Å². The van der Waals surface area contributed by atoms with E-state index in [4.69, 9.17) is 19.9 Å². The van der Waals surface area contributed by atoms with Crippen LogP contribution in [0.4, 0.5) is 0 Å². The van der Waals surface area contributed by atoms with E-state index in [9.17, 15) is 0 Å². The highest BCUT2D eigenvalue weighted by atomic mass is 16.5. The first-order valence-electron chi connectivity index (χ1n) is 8.11. The van der Waals surface area contributed by atoms with Gasteiger partial charge in [-0.25, -0.2) is 0 Å². The number of nitrogens with zero attached hydrogens (tertiary/aromatic N) is 2. The maximum atomic E-state index is 5.57. The second kappa shape index (κ2) is 10.8. The molecule has 2 N–H and O–H groups in total. The molecule has 0 unspecified atom stereocenters. The zero-order valence-corrected chi connectivity index (χ0v) is 14.1. The first-order valence-corrected chi connectivity index (χ1v) is 8.11. The van der Waals surface area contributed by atoms with Crippen LogP contribution in [0.1, 0.15) is 11.1 Å². The smallest absolute Gasteiger partial charge is 0.0886 e. The number of hydrogen-bond acceptors (Lipinski definition) is 6. The molecule has 0 aliphatic rings. The minimum atomic E-state index is 0.516. The average molecular weight is 331 g/mol. The molecule has 0 bridgehead atoms. The molecule has 2 aromatic heterocycles. The maximum Gasteiger partial charge on any atom is 0.0886 e. The van der Waals surface area contributed by atoms with Crippen LogP contribution >= 0.6 is 0 Å². The van der Waals surface area contributed by atoms with Gasteiger partial charge < -0.3 is 19.9 Å². The number of aryl methyl sites for hydroxylation is 1. The normalized spacial score (nSPS) is 10.9. The zero-order valence-electron chi connectivity index (χ0n) is 14.1. The first kappa shape index (κ1) is 18.5. The molecular formula is C18H25N3O3. The van der Waals surface area contributed by atoms with Gasteiger partial charge in [-0.15, -0.1) is 0 Å². The third-order valence-electron chi connectivity index (χ3n) is 3.27. The zero-order chi connectivity index (χ0) is 17.0. The van der Waals surface area contributed by atoms with Crippen LogP contribution in [0.2, 0.25) is 0 Å². The van der Waals surface area contributed by atoms with Crippen molar-refractivity contribution < 1.29 is 14.2 Å². The second-order valence-electron chi connectivity index (χ2n) is 5.34. The molecule has 0 atom stereocenters. The van der Waals surface area contributed by atoms with Gasteiger partial charge in [0, 0.05) is 18.9 Å². The van der Waals surface area contributed by atoms with Crippen molar-refractivity contribution in [1.82, 2.24) is 9.97 Å². The first-order chi connectivity index (χ1) is 11.8. The van der Waals surface area contributed by atoms with E-state index in [-0.39, 0.29) is 0 Å². The quantitative estimate of drug-likeness (QED) is 0.634. The summed E-state index contributed by atoms with van der Waals surface area (Å²) in [5.74, 6) is 0. The average Bonchev–Trinajstić information content (AvgIpc) is 2.62. The third kappa shape index (κ3) is 6.72. The van der Waals surface area contributed by atoms with Gasteiger partial charge in [0.2, 0.25) is 0 Å². The predicted octanol–water partition coefficient (Wildman–Crippen LogP) is 1.96. The highest BCUT2D eigenvalue weighted by molar-refractivity contribution is 5.53. The van der Waals surface area contributed by atoms with E-state index in [1.165, 1.54) is 0 Å². The highest BCUT2D eigenvalue weighted by Gasteiger charge is 2.01. The lowest BCUT2D eigenvalue weighted by atomic mass is 10.2. The molecule has 130 valence electrons. The molecule has 0 aliphatic carbocycles. The highest BCUT2D eigenvalue weighted by Crippen LogP contribution is 2.14. The fraction of sp³-hybridized carbons (Fsp3) is 0.444. The molecule has 24 heavy (non-hydrogen) atoms. The molecule has 0 saturated heterocycles. The number of rotatable bonds is 11. The van der Waals surface area contributed by atoms with Gasteiger partial charge in [0.25, 0.3) is 0 Å². The number of aromatic nitrogens is 2. The molecule has 0 fully saturated rings. The van der Waals surface area contributed by atoms with E-state index in [2.05, 4.69) is 9.97 Å². The summed E-state index contributed by atoms with van der Waals surface area (Å²) in [4.78, 5) is 8.81. The van der Waals surface area contributed by atoms with E-state index in [0.29, 0.717) is 46.2 Å². The molecule has 2 heterocycles. The SMILES string of the molecule is Cc1ccc(-c2ccc(COCCOCCOCCN)cn2)nc1. The summed E-state index contributed by atoms with van der Waals surface area (Å²) in [6, 6.07) is 7.97. The van der Waals surface area contributed by atoms with E-state index in [1.807, 2.05) is 43.6 Å². The lowest BCUT2D eigenvalue weighted by Gasteiger charge is -2.07. The lowest BCUT2D eigenvalue weighted by molar-refractivity contribution is 0.0119. The van der Waals surface area contributed by atoms with Crippen molar-refractivity contribution in [2.24, 2.45) is 5.73 Å². The van der Waals surface area contributed by atoms with Crippen LogP contribution in [0.25, 0.3) is 11.4 Å². The Morgan fingerprint density at radius 1 is 0.792 bits per heavy atom. The van der Waals surface area contributed by atoms with E-state index < -0.39 is 0 Å². The Bertz CT molecular complexity index is 573. The van der Waals surface area contributed by atoms with E-state index in [1.54, 1.807) is 0 Å². The molecule has 6 nitrogen and oxygen atoms in total. The van der Waals surface area contributed by atoms with Crippen molar-refractivity contribution in [3.05, 3.63) is 47.8 Å². The number of ether oxygens (including phenoxy) is 3. The van der Waals surface area contributed by atoms with E-state index in [0.717, 1.165) is 22.5 Å². The monoisotopic (exact) mass is 331 g/mol. The van der Waals surface area contributed by atoms with Crippen molar-refractivity contribution in [3.8, 4) is 11.4 Å². The van der Waals surface area contributed by atoms with Crippen molar-refractivity contribution in [2.75, 3.05) is 39.6 Å². The van der Waals surface area contributed by atoms with Gasteiger partial charge in [0.05, 0.1) is 51.0 Å². The molecule has 2 rings (SSSR count). The van der Waals surface area contributed by atoms with Crippen molar-refractivity contribution in [1.29, 1.82) is 0 Å². The largest absolute Gasteiger partial charge is 0.378 e. The molecule has 0 aliphatic heterocycles. The summed E-state index contributed by atoms with van der Waals surface area (Å²) < 4.78 is 16.2. The summed E-state index contributed by atoms with van der Waals surface area (Å²) in [6.45, 7) is 5.85. The summed E-state index contributed by atoms with van der Waals surface area (Å²) in [5, 5.41) is 0. The van der Waals surface area contributed by atoms with Crippen LogP contribution in [-0.2, 0) is 20.8 Å². The Hall–Kier alpha value is -1.86. The molecule has 0 radical (unpaired) electrons. The third-order valence-corrected chi connectivity index (χ3v) is 3.27. The molecule has 0 amide bonds. The van der Waals surface area contributed by atoms with Gasteiger partial charge >= 0.3 is 0 Å². The molecule has 0 aromatic carbocycles. The van der Waals surface area contributed by atoms with E-state index >= 15 is 0 Å². The fourth-order valence-electron chi connectivity index (χ4n) is 1.99. The van der Waals surface area contributed by atoms with Crippen molar-refractivity contribution in [3.63, 3.8) is 0 Å². The number of nitrogens with two attached hydrogens (primary N) is 1. The molecule has 2 aromatic rings. The minimum Gasteiger partial charge on any atom is -0.378 e. The number of hydrogen-bond donors (Lipinski definition) is 1. The summed E-state index contributed by atoms with van der Waals surface area (Å²) in [5.41, 5.74) is 9.21.